The van der Waals surface area contributed by atoms with E-state index in [1.807, 2.05) is 13.8 Å². The molecule has 0 bridgehead atoms. The number of carboxylic acids is 1. The molecule has 0 aromatic rings. The molecule has 0 heterocycles. The van der Waals surface area contributed by atoms with Gasteiger partial charge in [-0.2, -0.15) is 0 Å². The van der Waals surface area contributed by atoms with Gasteiger partial charge in [-0.3, -0.25) is 4.79 Å². The van der Waals surface area contributed by atoms with E-state index < -0.39 is 32.9 Å². The zero-order valence-corrected chi connectivity index (χ0v) is 15.6. The summed E-state index contributed by atoms with van der Waals surface area (Å²) < 4.78 is 25.1. The van der Waals surface area contributed by atoms with Crippen LogP contribution in [0.5, 0.6) is 0 Å². The zero-order chi connectivity index (χ0) is 18.2. The number of rotatable bonds is 10. The maximum atomic E-state index is 12.6. The molecule has 0 aromatic heterocycles. The molecule has 0 saturated heterocycles. The monoisotopic (exact) mass is 361 g/mol. The number of amides is 1. The first-order valence-electron chi connectivity index (χ1n) is 9.06. The van der Waals surface area contributed by atoms with Crippen molar-refractivity contribution in [1.82, 2.24) is 5.32 Å². The highest BCUT2D eigenvalue weighted by atomic mass is 32.2. The van der Waals surface area contributed by atoms with Crippen molar-refractivity contribution in [3.05, 3.63) is 0 Å². The summed E-state index contributed by atoms with van der Waals surface area (Å²) in [6.45, 7) is 3.83. The van der Waals surface area contributed by atoms with Crippen molar-refractivity contribution in [3.63, 3.8) is 0 Å². The lowest BCUT2D eigenvalue weighted by molar-refractivity contribution is -0.142. The van der Waals surface area contributed by atoms with E-state index in [0.29, 0.717) is 12.8 Å². The Labute approximate surface area is 145 Å². The third-order valence-electron chi connectivity index (χ3n) is 4.72. The molecule has 2 N–H and O–H groups in total. The molecular formula is C17H31NO5S. The van der Waals surface area contributed by atoms with E-state index in [9.17, 15) is 23.1 Å². The standard InChI is InChI=1S/C17H31NO5S/c1-3-8-14(9-4-2)24(22,23)12-15(17(20)21)18-16(19)13-10-6-5-7-11-13/h13-15H,3-12H2,1-2H3,(H,18,19)(H,20,21)/t15-/m0/s1. The highest BCUT2D eigenvalue weighted by Crippen LogP contribution is 2.24. The molecule has 1 saturated carbocycles. The lowest BCUT2D eigenvalue weighted by atomic mass is 9.88. The van der Waals surface area contributed by atoms with Gasteiger partial charge in [0.05, 0.1) is 11.0 Å². The van der Waals surface area contributed by atoms with E-state index >= 15 is 0 Å². The fraction of sp³-hybridized carbons (Fsp3) is 0.882. The third-order valence-corrected chi connectivity index (χ3v) is 7.00. The predicted molar refractivity (Wildman–Crippen MR) is 93.5 cm³/mol. The maximum Gasteiger partial charge on any atom is 0.327 e. The van der Waals surface area contributed by atoms with Crippen molar-refractivity contribution in [3.8, 4) is 0 Å². The van der Waals surface area contributed by atoms with E-state index in [1.54, 1.807) is 0 Å². The normalized spacial score (nSPS) is 17.6. The highest BCUT2D eigenvalue weighted by Gasteiger charge is 2.33. The largest absolute Gasteiger partial charge is 0.480 e. The number of nitrogens with one attached hydrogen (secondary N) is 1. The lowest BCUT2D eigenvalue weighted by Crippen LogP contribution is -2.49. The Morgan fingerprint density at radius 2 is 1.62 bits per heavy atom. The Kier molecular flexibility index (Phi) is 8.73. The summed E-state index contributed by atoms with van der Waals surface area (Å²) in [5, 5.41) is 11.3. The van der Waals surface area contributed by atoms with Gasteiger partial charge in [-0.25, -0.2) is 13.2 Å². The zero-order valence-electron chi connectivity index (χ0n) is 14.8. The molecule has 140 valence electrons. The Bertz CT molecular complexity index is 505. The SMILES string of the molecule is CCCC(CCC)S(=O)(=O)C[C@H](NC(=O)C1CCCCC1)C(=O)O. The van der Waals surface area contributed by atoms with Crippen molar-refractivity contribution in [2.75, 3.05) is 5.75 Å². The van der Waals surface area contributed by atoms with Crippen LogP contribution in [0.2, 0.25) is 0 Å². The maximum absolute atomic E-state index is 12.6. The second-order valence-electron chi connectivity index (χ2n) is 6.76. The number of aliphatic carboxylic acids is 1. The number of carbonyl (C=O) groups excluding carboxylic acids is 1. The van der Waals surface area contributed by atoms with Crippen molar-refractivity contribution in [2.45, 2.75) is 82.9 Å². The molecule has 1 rings (SSSR count). The van der Waals surface area contributed by atoms with Crippen LogP contribution in [-0.4, -0.2) is 42.4 Å². The van der Waals surface area contributed by atoms with Gasteiger partial charge in [0.2, 0.25) is 5.91 Å². The van der Waals surface area contributed by atoms with Crippen LogP contribution in [0.15, 0.2) is 0 Å². The second-order valence-corrected chi connectivity index (χ2v) is 9.09. The second kappa shape index (κ2) is 10.0. The number of sulfone groups is 1. The Hall–Kier alpha value is -1.11. The fourth-order valence-electron chi connectivity index (χ4n) is 3.34. The Balaban J connectivity index is 2.76. The average molecular weight is 362 g/mol. The summed E-state index contributed by atoms with van der Waals surface area (Å²) in [7, 11) is -3.56. The van der Waals surface area contributed by atoms with E-state index in [2.05, 4.69) is 5.32 Å². The van der Waals surface area contributed by atoms with E-state index in [4.69, 9.17) is 0 Å². The minimum atomic E-state index is -3.56. The summed E-state index contributed by atoms with van der Waals surface area (Å²) in [6.07, 6.45) is 7.03. The molecule has 0 aliphatic heterocycles. The summed E-state index contributed by atoms with van der Waals surface area (Å²) in [5.74, 6) is -2.31. The van der Waals surface area contributed by atoms with Crippen LogP contribution in [-0.2, 0) is 19.4 Å². The average Bonchev–Trinajstić information content (AvgIpc) is 2.54. The molecule has 0 aromatic carbocycles. The molecule has 1 aliphatic carbocycles. The quantitative estimate of drug-likeness (QED) is 0.623. The molecule has 1 aliphatic rings. The molecule has 24 heavy (non-hydrogen) atoms. The van der Waals surface area contributed by atoms with Gasteiger partial charge in [0, 0.05) is 5.92 Å². The number of carbonyl (C=O) groups is 2. The molecule has 0 radical (unpaired) electrons. The van der Waals surface area contributed by atoms with Crippen molar-refractivity contribution in [2.24, 2.45) is 5.92 Å². The van der Waals surface area contributed by atoms with E-state index in [0.717, 1.165) is 44.9 Å². The first kappa shape index (κ1) is 20.9. The van der Waals surface area contributed by atoms with E-state index in [-0.39, 0.29) is 11.8 Å². The van der Waals surface area contributed by atoms with Gasteiger partial charge in [-0.1, -0.05) is 46.0 Å². The minimum Gasteiger partial charge on any atom is -0.480 e. The minimum absolute atomic E-state index is 0.189. The molecule has 0 spiro atoms. The molecular weight excluding hydrogens is 330 g/mol. The molecule has 7 heteroatoms. The van der Waals surface area contributed by atoms with Gasteiger partial charge in [0.1, 0.15) is 6.04 Å². The van der Waals surface area contributed by atoms with Gasteiger partial charge in [-0.15, -0.1) is 0 Å². The van der Waals surface area contributed by atoms with Crippen LogP contribution in [0.3, 0.4) is 0 Å². The van der Waals surface area contributed by atoms with Crippen molar-refractivity contribution in [1.29, 1.82) is 0 Å². The summed E-state index contributed by atoms with van der Waals surface area (Å²) >= 11 is 0. The molecule has 1 fully saturated rings. The first-order valence-corrected chi connectivity index (χ1v) is 10.8. The lowest BCUT2D eigenvalue weighted by Gasteiger charge is -2.24. The van der Waals surface area contributed by atoms with Gasteiger partial charge >= 0.3 is 5.97 Å². The smallest absolute Gasteiger partial charge is 0.327 e. The number of hydrogen-bond donors (Lipinski definition) is 2. The molecule has 6 nitrogen and oxygen atoms in total. The van der Waals surface area contributed by atoms with Crippen LogP contribution >= 0.6 is 0 Å². The fourth-order valence-corrected chi connectivity index (χ4v) is 5.50. The topological polar surface area (TPSA) is 101 Å². The summed E-state index contributed by atoms with van der Waals surface area (Å²) in [5.41, 5.74) is 0. The first-order chi connectivity index (χ1) is 11.3. The third kappa shape index (κ3) is 6.42. The molecule has 1 amide bonds. The highest BCUT2D eigenvalue weighted by molar-refractivity contribution is 7.92. The Morgan fingerprint density at radius 3 is 2.08 bits per heavy atom. The van der Waals surface area contributed by atoms with Crippen LogP contribution in [0.1, 0.15) is 71.6 Å². The number of hydrogen-bond acceptors (Lipinski definition) is 4. The van der Waals surface area contributed by atoms with Crippen molar-refractivity contribution < 1.29 is 23.1 Å². The Morgan fingerprint density at radius 1 is 1.08 bits per heavy atom. The van der Waals surface area contributed by atoms with Gasteiger partial charge in [0.25, 0.3) is 0 Å². The molecule has 1 atom stereocenters. The van der Waals surface area contributed by atoms with E-state index in [1.165, 1.54) is 0 Å². The van der Waals surface area contributed by atoms with Crippen LogP contribution in [0.4, 0.5) is 0 Å². The molecule has 0 unspecified atom stereocenters. The predicted octanol–water partition coefficient (Wildman–Crippen LogP) is 2.52. The van der Waals surface area contributed by atoms with Crippen molar-refractivity contribution >= 4 is 21.7 Å². The van der Waals surface area contributed by atoms with Crippen LogP contribution in [0, 0.1) is 5.92 Å². The summed E-state index contributed by atoms with van der Waals surface area (Å²) in [4.78, 5) is 23.7. The van der Waals surface area contributed by atoms with Crippen LogP contribution < -0.4 is 5.32 Å². The van der Waals surface area contributed by atoms with Gasteiger partial charge < -0.3 is 10.4 Å². The van der Waals surface area contributed by atoms with Gasteiger partial charge in [-0.05, 0) is 25.7 Å². The van der Waals surface area contributed by atoms with Crippen LogP contribution in [0.25, 0.3) is 0 Å². The number of carboxylic acid groups (broad SMARTS) is 1. The summed E-state index contributed by atoms with van der Waals surface area (Å²) in [6, 6.07) is -1.36. The van der Waals surface area contributed by atoms with Gasteiger partial charge in [0.15, 0.2) is 9.84 Å².